The summed E-state index contributed by atoms with van der Waals surface area (Å²) in [4.78, 5) is 8.09. The zero-order chi connectivity index (χ0) is 10.4. The van der Waals surface area contributed by atoms with Crippen LogP contribution in [-0.2, 0) is 0 Å². The average molecular weight is 190 g/mol. The first kappa shape index (κ1) is 10.9. The van der Waals surface area contributed by atoms with Gasteiger partial charge in [-0.05, 0) is 18.9 Å². The molecule has 0 bridgehead atoms. The second-order valence-corrected chi connectivity index (χ2v) is 3.71. The molecule has 0 fully saturated rings. The van der Waals surface area contributed by atoms with Gasteiger partial charge >= 0.3 is 0 Å². The lowest BCUT2D eigenvalue weighted by molar-refractivity contribution is 0.639. The molecular weight excluding hydrogens is 172 g/mol. The standard InChI is InChI=1S/C12H18N2/c1-4-5-6-12(10(2)3)11-7-13-9-14-8-11/h7-9,12H,2,4-6H2,1,3H3. The molecule has 0 saturated carbocycles. The van der Waals surface area contributed by atoms with Crippen molar-refractivity contribution in [2.75, 3.05) is 0 Å². The van der Waals surface area contributed by atoms with E-state index < -0.39 is 0 Å². The fourth-order valence-corrected chi connectivity index (χ4v) is 1.60. The van der Waals surface area contributed by atoms with Crippen molar-refractivity contribution in [3.05, 3.63) is 36.4 Å². The Kier molecular flexibility index (Phi) is 4.30. The maximum atomic E-state index is 4.04. The zero-order valence-corrected chi connectivity index (χ0v) is 9.03. The molecule has 1 atom stereocenters. The van der Waals surface area contributed by atoms with Crippen molar-refractivity contribution in [2.45, 2.75) is 39.0 Å². The van der Waals surface area contributed by atoms with E-state index in [9.17, 15) is 0 Å². The number of rotatable bonds is 5. The number of nitrogens with zero attached hydrogens (tertiary/aromatic N) is 2. The summed E-state index contributed by atoms with van der Waals surface area (Å²) in [5, 5.41) is 0. The molecule has 0 spiro atoms. The minimum atomic E-state index is 0.427. The van der Waals surface area contributed by atoms with Crippen LogP contribution in [0.4, 0.5) is 0 Å². The number of allylic oxidation sites excluding steroid dienone is 1. The van der Waals surface area contributed by atoms with E-state index in [1.807, 2.05) is 12.4 Å². The van der Waals surface area contributed by atoms with E-state index in [4.69, 9.17) is 0 Å². The Hall–Kier alpha value is -1.18. The molecule has 0 aliphatic carbocycles. The Morgan fingerprint density at radius 3 is 2.57 bits per heavy atom. The normalized spacial score (nSPS) is 12.4. The maximum Gasteiger partial charge on any atom is 0.115 e. The molecule has 14 heavy (non-hydrogen) atoms. The van der Waals surface area contributed by atoms with Gasteiger partial charge in [0.2, 0.25) is 0 Å². The van der Waals surface area contributed by atoms with Crippen LogP contribution >= 0.6 is 0 Å². The predicted molar refractivity (Wildman–Crippen MR) is 59.1 cm³/mol. The van der Waals surface area contributed by atoms with Gasteiger partial charge in [-0.3, -0.25) is 0 Å². The molecule has 0 aliphatic heterocycles. The van der Waals surface area contributed by atoms with Crippen molar-refractivity contribution in [3.63, 3.8) is 0 Å². The number of aromatic nitrogens is 2. The largest absolute Gasteiger partial charge is 0.245 e. The van der Waals surface area contributed by atoms with Crippen LogP contribution in [0.5, 0.6) is 0 Å². The van der Waals surface area contributed by atoms with Gasteiger partial charge in [-0.25, -0.2) is 9.97 Å². The first-order valence-corrected chi connectivity index (χ1v) is 5.16. The first-order valence-electron chi connectivity index (χ1n) is 5.16. The number of unbranched alkanes of at least 4 members (excludes halogenated alkanes) is 1. The Labute approximate surface area is 86.1 Å². The van der Waals surface area contributed by atoms with Gasteiger partial charge in [0, 0.05) is 18.3 Å². The van der Waals surface area contributed by atoms with E-state index >= 15 is 0 Å². The molecule has 1 aromatic heterocycles. The van der Waals surface area contributed by atoms with Crippen molar-refractivity contribution in [1.29, 1.82) is 0 Å². The van der Waals surface area contributed by atoms with E-state index in [-0.39, 0.29) is 0 Å². The lowest BCUT2D eigenvalue weighted by Gasteiger charge is -2.15. The van der Waals surface area contributed by atoms with Crippen LogP contribution in [0, 0.1) is 0 Å². The summed E-state index contributed by atoms with van der Waals surface area (Å²) in [6.45, 7) is 8.31. The molecule has 1 unspecified atom stereocenters. The molecule has 1 heterocycles. The third kappa shape index (κ3) is 2.95. The van der Waals surface area contributed by atoms with Gasteiger partial charge in [0.15, 0.2) is 0 Å². The molecule has 1 aromatic rings. The summed E-state index contributed by atoms with van der Waals surface area (Å²) in [6.07, 6.45) is 8.95. The van der Waals surface area contributed by atoms with E-state index in [1.54, 1.807) is 6.33 Å². The number of hydrogen-bond donors (Lipinski definition) is 0. The van der Waals surface area contributed by atoms with Gasteiger partial charge in [0.05, 0.1) is 0 Å². The van der Waals surface area contributed by atoms with Crippen LogP contribution in [0.1, 0.15) is 44.6 Å². The molecular formula is C12H18N2. The van der Waals surface area contributed by atoms with Crippen molar-refractivity contribution < 1.29 is 0 Å². The second kappa shape index (κ2) is 5.53. The maximum absolute atomic E-state index is 4.04. The molecule has 2 nitrogen and oxygen atoms in total. The molecule has 76 valence electrons. The van der Waals surface area contributed by atoms with E-state index in [0.717, 1.165) is 6.42 Å². The van der Waals surface area contributed by atoms with E-state index in [0.29, 0.717) is 5.92 Å². The summed E-state index contributed by atoms with van der Waals surface area (Å²) in [7, 11) is 0. The zero-order valence-electron chi connectivity index (χ0n) is 9.03. The fourth-order valence-electron chi connectivity index (χ4n) is 1.60. The third-order valence-corrected chi connectivity index (χ3v) is 2.42. The minimum Gasteiger partial charge on any atom is -0.245 e. The van der Waals surface area contributed by atoms with Crippen LogP contribution in [0.15, 0.2) is 30.9 Å². The first-order chi connectivity index (χ1) is 6.75. The summed E-state index contributed by atoms with van der Waals surface area (Å²) in [5.41, 5.74) is 2.39. The summed E-state index contributed by atoms with van der Waals surface area (Å²) >= 11 is 0. The average Bonchev–Trinajstić information content (AvgIpc) is 2.19. The van der Waals surface area contributed by atoms with Gasteiger partial charge in [0.25, 0.3) is 0 Å². The Balaban J connectivity index is 2.73. The Bertz CT molecular complexity index is 280. The van der Waals surface area contributed by atoms with Crippen molar-refractivity contribution >= 4 is 0 Å². The quantitative estimate of drug-likeness (QED) is 0.665. The van der Waals surface area contributed by atoms with Crippen molar-refractivity contribution in [1.82, 2.24) is 9.97 Å². The molecule has 1 rings (SSSR count). The SMILES string of the molecule is C=C(C)C(CCCC)c1cncnc1. The van der Waals surface area contributed by atoms with Crippen LogP contribution in [-0.4, -0.2) is 9.97 Å². The summed E-state index contributed by atoms with van der Waals surface area (Å²) in [5.74, 6) is 0.427. The topological polar surface area (TPSA) is 25.8 Å². The summed E-state index contributed by atoms with van der Waals surface area (Å²) in [6, 6.07) is 0. The van der Waals surface area contributed by atoms with E-state index in [2.05, 4.69) is 30.4 Å². The van der Waals surface area contributed by atoms with Crippen LogP contribution in [0.2, 0.25) is 0 Å². The monoisotopic (exact) mass is 190 g/mol. The molecule has 0 saturated heterocycles. The number of hydrogen-bond acceptors (Lipinski definition) is 2. The van der Waals surface area contributed by atoms with Gasteiger partial charge in [-0.15, -0.1) is 0 Å². The highest BCUT2D eigenvalue weighted by atomic mass is 14.8. The van der Waals surface area contributed by atoms with Crippen LogP contribution in [0.3, 0.4) is 0 Å². The highest BCUT2D eigenvalue weighted by Crippen LogP contribution is 2.27. The van der Waals surface area contributed by atoms with Crippen LogP contribution in [0.25, 0.3) is 0 Å². The van der Waals surface area contributed by atoms with Gasteiger partial charge in [0.1, 0.15) is 6.33 Å². The molecule has 0 aromatic carbocycles. The molecule has 0 N–H and O–H groups in total. The molecule has 0 aliphatic rings. The van der Waals surface area contributed by atoms with Gasteiger partial charge in [-0.1, -0.05) is 31.9 Å². The Morgan fingerprint density at radius 1 is 1.43 bits per heavy atom. The Morgan fingerprint density at radius 2 is 2.07 bits per heavy atom. The molecule has 0 amide bonds. The van der Waals surface area contributed by atoms with E-state index in [1.165, 1.54) is 24.0 Å². The highest BCUT2D eigenvalue weighted by Gasteiger charge is 2.11. The highest BCUT2D eigenvalue weighted by molar-refractivity contribution is 5.21. The summed E-state index contributed by atoms with van der Waals surface area (Å²) < 4.78 is 0. The fraction of sp³-hybridized carbons (Fsp3) is 0.500. The lowest BCUT2D eigenvalue weighted by atomic mass is 9.90. The van der Waals surface area contributed by atoms with Gasteiger partial charge < -0.3 is 0 Å². The third-order valence-electron chi connectivity index (χ3n) is 2.42. The minimum absolute atomic E-state index is 0.427. The molecule has 0 radical (unpaired) electrons. The molecule has 2 heteroatoms. The van der Waals surface area contributed by atoms with Crippen molar-refractivity contribution in [2.24, 2.45) is 0 Å². The van der Waals surface area contributed by atoms with Gasteiger partial charge in [-0.2, -0.15) is 0 Å². The smallest absolute Gasteiger partial charge is 0.115 e. The second-order valence-electron chi connectivity index (χ2n) is 3.71. The predicted octanol–water partition coefficient (Wildman–Crippen LogP) is 3.33. The van der Waals surface area contributed by atoms with Crippen molar-refractivity contribution in [3.8, 4) is 0 Å². The van der Waals surface area contributed by atoms with Crippen LogP contribution < -0.4 is 0 Å². The lowest BCUT2D eigenvalue weighted by Crippen LogP contribution is -2.01.